The molecule has 1 aliphatic heterocycles. The molecule has 2 rings (SSSR count). The summed E-state index contributed by atoms with van der Waals surface area (Å²) in [7, 11) is 0. The maximum Gasteiger partial charge on any atom is 0.0672 e. The van der Waals surface area contributed by atoms with E-state index < -0.39 is 0 Å². The van der Waals surface area contributed by atoms with Crippen LogP contribution in [0, 0.1) is 23.2 Å². The highest BCUT2D eigenvalue weighted by molar-refractivity contribution is 4.96. The van der Waals surface area contributed by atoms with Gasteiger partial charge in [0.1, 0.15) is 0 Å². The van der Waals surface area contributed by atoms with Gasteiger partial charge in [-0.3, -0.25) is 0 Å². The molecule has 2 nitrogen and oxygen atoms in total. The van der Waals surface area contributed by atoms with E-state index in [-0.39, 0.29) is 0 Å². The minimum Gasteiger partial charge on any atom is -0.302 e. The van der Waals surface area contributed by atoms with Gasteiger partial charge in [-0.05, 0) is 44.7 Å². The average molecular weight is 164 g/mol. The van der Waals surface area contributed by atoms with Crippen molar-refractivity contribution in [1.82, 2.24) is 4.90 Å². The van der Waals surface area contributed by atoms with Crippen molar-refractivity contribution in [2.75, 3.05) is 19.6 Å². The Kier molecular flexibility index (Phi) is 2.32. The second-order valence-electron chi connectivity index (χ2n) is 4.08. The molecule has 1 aliphatic carbocycles. The molecule has 1 saturated carbocycles. The summed E-state index contributed by atoms with van der Waals surface area (Å²) in [6.45, 7) is 3.50. The van der Waals surface area contributed by atoms with E-state index in [0.717, 1.165) is 12.5 Å². The molecule has 1 heterocycles. The zero-order valence-electron chi connectivity index (χ0n) is 7.50. The first kappa shape index (κ1) is 8.07. The van der Waals surface area contributed by atoms with E-state index >= 15 is 0 Å². The lowest BCUT2D eigenvalue weighted by Crippen LogP contribution is -2.26. The highest BCUT2D eigenvalue weighted by Crippen LogP contribution is 2.37. The third kappa shape index (κ3) is 1.78. The van der Waals surface area contributed by atoms with Crippen molar-refractivity contribution < 1.29 is 0 Å². The second kappa shape index (κ2) is 3.45. The van der Waals surface area contributed by atoms with Gasteiger partial charge in [-0.1, -0.05) is 0 Å². The lowest BCUT2D eigenvalue weighted by Gasteiger charge is -2.17. The van der Waals surface area contributed by atoms with Gasteiger partial charge in [0.2, 0.25) is 0 Å². The Morgan fingerprint density at radius 3 is 2.50 bits per heavy atom. The molecule has 1 saturated heterocycles. The molecule has 1 unspecified atom stereocenters. The van der Waals surface area contributed by atoms with E-state index in [0.29, 0.717) is 5.92 Å². The van der Waals surface area contributed by atoms with Crippen LogP contribution in [0.5, 0.6) is 0 Å². The summed E-state index contributed by atoms with van der Waals surface area (Å²) in [5.74, 6) is 1.08. The van der Waals surface area contributed by atoms with Crippen molar-refractivity contribution >= 4 is 0 Å². The zero-order valence-corrected chi connectivity index (χ0v) is 7.50. The molecule has 0 aromatic rings. The predicted octanol–water partition coefficient (Wildman–Crippen LogP) is 1.63. The monoisotopic (exact) mass is 164 g/mol. The SMILES string of the molecule is N#CC(CN1CCCC1)C1CC1. The van der Waals surface area contributed by atoms with Crippen molar-refractivity contribution in [3.8, 4) is 6.07 Å². The van der Waals surface area contributed by atoms with E-state index in [1.54, 1.807) is 0 Å². The Bertz CT molecular complexity index is 185. The number of nitrogens with zero attached hydrogens (tertiary/aromatic N) is 2. The van der Waals surface area contributed by atoms with Gasteiger partial charge in [-0.15, -0.1) is 0 Å². The molecule has 0 radical (unpaired) electrons. The van der Waals surface area contributed by atoms with Crippen LogP contribution in [-0.4, -0.2) is 24.5 Å². The van der Waals surface area contributed by atoms with Crippen LogP contribution in [0.25, 0.3) is 0 Å². The maximum atomic E-state index is 8.92. The van der Waals surface area contributed by atoms with E-state index in [9.17, 15) is 0 Å². The molecule has 1 atom stereocenters. The van der Waals surface area contributed by atoms with Gasteiger partial charge in [-0.2, -0.15) is 5.26 Å². The normalized spacial score (nSPS) is 26.9. The van der Waals surface area contributed by atoms with Crippen molar-refractivity contribution in [2.45, 2.75) is 25.7 Å². The van der Waals surface area contributed by atoms with E-state index in [1.807, 2.05) is 0 Å². The average Bonchev–Trinajstić information content (AvgIpc) is 2.80. The van der Waals surface area contributed by atoms with Gasteiger partial charge in [0.15, 0.2) is 0 Å². The lowest BCUT2D eigenvalue weighted by atomic mass is 10.1. The molecular formula is C10H16N2. The molecule has 0 bridgehead atoms. The fraction of sp³-hybridized carbons (Fsp3) is 0.900. The van der Waals surface area contributed by atoms with Gasteiger partial charge in [0, 0.05) is 6.54 Å². The molecule has 0 aromatic heterocycles. The molecule has 2 fully saturated rings. The largest absolute Gasteiger partial charge is 0.302 e. The fourth-order valence-corrected chi connectivity index (χ4v) is 2.04. The first-order valence-electron chi connectivity index (χ1n) is 5.02. The summed E-state index contributed by atoms with van der Waals surface area (Å²) >= 11 is 0. The fourth-order valence-electron chi connectivity index (χ4n) is 2.04. The maximum absolute atomic E-state index is 8.92. The van der Waals surface area contributed by atoms with Crippen LogP contribution >= 0.6 is 0 Å². The number of rotatable bonds is 3. The lowest BCUT2D eigenvalue weighted by molar-refractivity contribution is 0.292. The summed E-state index contributed by atoms with van der Waals surface area (Å²) in [5.41, 5.74) is 0. The molecule has 12 heavy (non-hydrogen) atoms. The summed E-state index contributed by atoms with van der Waals surface area (Å²) in [5, 5.41) is 8.92. The topological polar surface area (TPSA) is 27.0 Å². The summed E-state index contributed by atoms with van der Waals surface area (Å²) < 4.78 is 0. The second-order valence-corrected chi connectivity index (χ2v) is 4.08. The summed E-state index contributed by atoms with van der Waals surface area (Å²) in [4.78, 5) is 2.45. The number of hydrogen-bond acceptors (Lipinski definition) is 2. The minimum atomic E-state index is 0.336. The Morgan fingerprint density at radius 2 is 2.00 bits per heavy atom. The molecule has 0 aromatic carbocycles. The first-order chi connectivity index (χ1) is 5.90. The van der Waals surface area contributed by atoms with Crippen LogP contribution in [0.3, 0.4) is 0 Å². The van der Waals surface area contributed by atoms with Gasteiger partial charge < -0.3 is 4.90 Å². The number of hydrogen-bond donors (Lipinski definition) is 0. The minimum absolute atomic E-state index is 0.336. The Morgan fingerprint density at radius 1 is 1.33 bits per heavy atom. The zero-order chi connectivity index (χ0) is 8.39. The van der Waals surface area contributed by atoms with Crippen LogP contribution in [0.2, 0.25) is 0 Å². The first-order valence-corrected chi connectivity index (χ1v) is 5.02. The molecule has 66 valence electrons. The van der Waals surface area contributed by atoms with Crippen LogP contribution in [0.1, 0.15) is 25.7 Å². The van der Waals surface area contributed by atoms with Gasteiger partial charge in [-0.25, -0.2) is 0 Å². The van der Waals surface area contributed by atoms with Crippen molar-refractivity contribution in [1.29, 1.82) is 5.26 Å². The number of nitriles is 1. The molecule has 0 N–H and O–H groups in total. The van der Waals surface area contributed by atoms with Crippen molar-refractivity contribution in [3.63, 3.8) is 0 Å². The molecule has 2 heteroatoms. The Balaban J connectivity index is 1.79. The van der Waals surface area contributed by atoms with Crippen molar-refractivity contribution in [2.24, 2.45) is 11.8 Å². The number of likely N-dealkylation sites (tertiary alicyclic amines) is 1. The smallest absolute Gasteiger partial charge is 0.0672 e. The third-order valence-electron chi connectivity index (χ3n) is 3.01. The van der Waals surface area contributed by atoms with Crippen molar-refractivity contribution in [3.05, 3.63) is 0 Å². The Labute approximate surface area is 74.2 Å². The molecule has 0 spiro atoms. The van der Waals surface area contributed by atoms with Crippen LogP contribution < -0.4 is 0 Å². The van der Waals surface area contributed by atoms with E-state index in [2.05, 4.69) is 11.0 Å². The van der Waals surface area contributed by atoms with Gasteiger partial charge in [0.25, 0.3) is 0 Å². The van der Waals surface area contributed by atoms with Crippen LogP contribution in [-0.2, 0) is 0 Å². The predicted molar refractivity (Wildman–Crippen MR) is 47.5 cm³/mol. The van der Waals surface area contributed by atoms with Crippen LogP contribution in [0.4, 0.5) is 0 Å². The molecule has 0 amide bonds. The Hall–Kier alpha value is -0.550. The highest BCUT2D eigenvalue weighted by atomic mass is 15.1. The van der Waals surface area contributed by atoms with E-state index in [4.69, 9.17) is 5.26 Å². The highest BCUT2D eigenvalue weighted by Gasteiger charge is 2.32. The standard InChI is InChI=1S/C10H16N2/c11-7-10(9-3-4-9)8-12-5-1-2-6-12/h9-10H,1-6,8H2. The van der Waals surface area contributed by atoms with Gasteiger partial charge >= 0.3 is 0 Å². The summed E-state index contributed by atoms with van der Waals surface area (Å²) in [6, 6.07) is 2.45. The van der Waals surface area contributed by atoms with Gasteiger partial charge in [0.05, 0.1) is 12.0 Å². The van der Waals surface area contributed by atoms with E-state index in [1.165, 1.54) is 38.8 Å². The summed E-state index contributed by atoms with van der Waals surface area (Å²) in [6.07, 6.45) is 5.27. The quantitative estimate of drug-likeness (QED) is 0.634. The third-order valence-corrected chi connectivity index (χ3v) is 3.01. The molecular weight excluding hydrogens is 148 g/mol. The van der Waals surface area contributed by atoms with Crippen LogP contribution in [0.15, 0.2) is 0 Å². The molecule has 2 aliphatic rings.